The summed E-state index contributed by atoms with van der Waals surface area (Å²) in [6.07, 6.45) is 2.78. The minimum Gasteiger partial charge on any atom is -0.317 e. The highest BCUT2D eigenvalue weighted by Crippen LogP contribution is 1.90. The fraction of sp³-hybridized carbons (Fsp3) is 0.667. The lowest BCUT2D eigenvalue weighted by Crippen LogP contribution is -2.03. The minimum atomic E-state index is 1.25. The third-order valence-electron chi connectivity index (χ3n) is 0.957. The fourth-order valence-electron chi connectivity index (χ4n) is 0.625. The van der Waals surface area contributed by atoms with Crippen molar-refractivity contribution in [3.63, 3.8) is 0 Å². The molecule has 1 aliphatic rings. The molecule has 1 nitrogen and oxygen atoms in total. The van der Waals surface area contributed by atoms with E-state index in [2.05, 4.69) is 18.5 Å². The number of nitrogens with one attached hydrogen (secondary N) is 1. The highest BCUT2D eigenvalue weighted by atomic mass is 14.9. The quantitative estimate of drug-likeness (QED) is 0.449. The second kappa shape index (κ2) is 5.70. The van der Waals surface area contributed by atoms with E-state index in [-0.39, 0.29) is 0 Å². The van der Waals surface area contributed by atoms with E-state index in [1.807, 2.05) is 0 Å². The first-order chi connectivity index (χ1) is 3.50. The predicted octanol–water partition coefficient (Wildman–Crippen LogP) is 1.17. The molecule has 1 rings (SSSR count). The third kappa shape index (κ3) is 3.53. The van der Waals surface area contributed by atoms with Gasteiger partial charge in [0.05, 0.1) is 0 Å². The van der Waals surface area contributed by atoms with Crippen LogP contribution in [0.3, 0.4) is 0 Å². The van der Waals surface area contributed by atoms with Gasteiger partial charge in [-0.05, 0) is 25.9 Å². The van der Waals surface area contributed by atoms with Crippen LogP contribution >= 0.6 is 0 Å². The van der Waals surface area contributed by atoms with Crippen molar-refractivity contribution in [1.82, 2.24) is 5.32 Å². The highest BCUT2D eigenvalue weighted by Gasteiger charge is 1.93. The molecule has 1 N–H and O–H groups in total. The molecule has 42 valence electrons. The zero-order chi connectivity index (χ0) is 5.54. The molecular weight excluding hydrogens is 86.1 g/mol. The first-order valence-corrected chi connectivity index (χ1v) is 2.71. The van der Waals surface area contributed by atoms with Gasteiger partial charge in [0.15, 0.2) is 0 Å². The average Bonchev–Trinajstić information content (AvgIpc) is 2.23. The van der Waals surface area contributed by atoms with Crippen LogP contribution in [0.4, 0.5) is 0 Å². The molecular formula is C6H13N. The van der Waals surface area contributed by atoms with E-state index in [0.717, 1.165) is 0 Å². The summed E-state index contributed by atoms with van der Waals surface area (Å²) in [5, 5.41) is 3.22. The largest absolute Gasteiger partial charge is 0.317 e. The summed E-state index contributed by atoms with van der Waals surface area (Å²) in [4.78, 5) is 0. The molecule has 1 saturated heterocycles. The normalized spacial score (nSPS) is 17.7. The van der Waals surface area contributed by atoms with Gasteiger partial charge in [0.1, 0.15) is 0 Å². The Labute approximate surface area is 45.4 Å². The third-order valence-corrected chi connectivity index (χ3v) is 0.957. The summed E-state index contributed by atoms with van der Waals surface area (Å²) in [5.41, 5.74) is 0. The smallest absolute Gasteiger partial charge is 0.00484 e. The number of hydrogen-bond acceptors (Lipinski definition) is 1. The highest BCUT2D eigenvalue weighted by molar-refractivity contribution is 4.55. The first-order valence-electron chi connectivity index (χ1n) is 2.71. The van der Waals surface area contributed by atoms with Gasteiger partial charge in [0.25, 0.3) is 0 Å². The Balaban J connectivity index is 0.000000162. The van der Waals surface area contributed by atoms with Crippen molar-refractivity contribution in [2.24, 2.45) is 0 Å². The van der Waals surface area contributed by atoms with E-state index in [0.29, 0.717) is 0 Å². The summed E-state index contributed by atoms with van der Waals surface area (Å²) in [5.74, 6) is 0. The van der Waals surface area contributed by atoms with Crippen LogP contribution in [0.5, 0.6) is 0 Å². The lowest BCUT2D eigenvalue weighted by Gasteiger charge is -1.76. The van der Waals surface area contributed by atoms with E-state index < -0.39 is 0 Å². The fourth-order valence-corrected chi connectivity index (χ4v) is 0.625. The van der Waals surface area contributed by atoms with Crippen LogP contribution in [0.25, 0.3) is 0 Å². The van der Waals surface area contributed by atoms with Gasteiger partial charge in [0.2, 0.25) is 0 Å². The zero-order valence-corrected chi connectivity index (χ0v) is 4.74. The molecule has 0 unspecified atom stereocenters. The molecule has 1 heterocycles. The zero-order valence-electron chi connectivity index (χ0n) is 4.74. The van der Waals surface area contributed by atoms with Crippen molar-refractivity contribution in [2.75, 3.05) is 13.1 Å². The van der Waals surface area contributed by atoms with E-state index in [1.165, 1.54) is 25.9 Å². The van der Waals surface area contributed by atoms with Crippen LogP contribution in [-0.2, 0) is 0 Å². The van der Waals surface area contributed by atoms with Crippen LogP contribution in [0.15, 0.2) is 13.2 Å². The maximum atomic E-state index is 3.22. The lowest BCUT2D eigenvalue weighted by molar-refractivity contribution is 0.857. The van der Waals surface area contributed by atoms with Gasteiger partial charge < -0.3 is 5.32 Å². The SMILES string of the molecule is C1CCNC1.C=C. The van der Waals surface area contributed by atoms with Crippen LogP contribution < -0.4 is 5.32 Å². The summed E-state index contributed by atoms with van der Waals surface area (Å²) >= 11 is 0. The Morgan fingerprint density at radius 3 is 1.57 bits per heavy atom. The van der Waals surface area contributed by atoms with Gasteiger partial charge in [-0.2, -0.15) is 0 Å². The molecule has 0 aromatic carbocycles. The Bertz CT molecular complexity index is 23.6. The average molecular weight is 99.2 g/mol. The molecule has 0 aromatic heterocycles. The molecule has 0 bridgehead atoms. The lowest BCUT2D eigenvalue weighted by atomic mass is 10.4. The van der Waals surface area contributed by atoms with Crippen molar-refractivity contribution in [2.45, 2.75) is 12.8 Å². The summed E-state index contributed by atoms with van der Waals surface area (Å²) in [6, 6.07) is 0. The van der Waals surface area contributed by atoms with Crippen molar-refractivity contribution in [3.8, 4) is 0 Å². The van der Waals surface area contributed by atoms with Crippen LogP contribution in [-0.4, -0.2) is 13.1 Å². The molecule has 0 spiro atoms. The molecule has 7 heavy (non-hydrogen) atoms. The summed E-state index contributed by atoms with van der Waals surface area (Å²) in [7, 11) is 0. The molecule has 0 aromatic rings. The first kappa shape index (κ1) is 6.70. The Kier molecular flexibility index (Phi) is 5.46. The van der Waals surface area contributed by atoms with Crippen molar-refractivity contribution < 1.29 is 0 Å². The van der Waals surface area contributed by atoms with E-state index >= 15 is 0 Å². The molecule has 0 saturated carbocycles. The van der Waals surface area contributed by atoms with E-state index in [1.54, 1.807) is 0 Å². The van der Waals surface area contributed by atoms with Gasteiger partial charge in [-0.25, -0.2) is 0 Å². The van der Waals surface area contributed by atoms with Crippen molar-refractivity contribution >= 4 is 0 Å². The van der Waals surface area contributed by atoms with Crippen molar-refractivity contribution in [3.05, 3.63) is 13.2 Å². The van der Waals surface area contributed by atoms with Crippen LogP contribution in [0, 0.1) is 0 Å². The Hall–Kier alpha value is -0.300. The Morgan fingerprint density at radius 1 is 1.00 bits per heavy atom. The van der Waals surface area contributed by atoms with E-state index in [4.69, 9.17) is 0 Å². The van der Waals surface area contributed by atoms with Gasteiger partial charge >= 0.3 is 0 Å². The van der Waals surface area contributed by atoms with E-state index in [9.17, 15) is 0 Å². The molecule has 0 radical (unpaired) electrons. The topological polar surface area (TPSA) is 12.0 Å². The minimum absolute atomic E-state index is 1.25. The second-order valence-corrected chi connectivity index (χ2v) is 1.46. The number of hydrogen-bond donors (Lipinski definition) is 1. The number of rotatable bonds is 0. The van der Waals surface area contributed by atoms with Gasteiger partial charge in [-0.3, -0.25) is 0 Å². The maximum absolute atomic E-state index is 3.22. The standard InChI is InChI=1S/C4H9N.C2H4/c1-2-4-5-3-1;1-2/h5H,1-4H2;1-2H2. The summed E-state index contributed by atoms with van der Waals surface area (Å²) in [6.45, 7) is 8.50. The molecule has 1 aliphatic heterocycles. The van der Waals surface area contributed by atoms with Gasteiger partial charge in [-0.15, -0.1) is 13.2 Å². The Morgan fingerprint density at radius 2 is 1.43 bits per heavy atom. The predicted molar refractivity (Wildman–Crippen MR) is 33.4 cm³/mol. The van der Waals surface area contributed by atoms with Crippen LogP contribution in [0.1, 0.15) is 12.8 Å². The summed E-state index contributed by atoms with van der Waals surface area (Å²) < 4.78 is 0. The molecule has 0 aliphatic carbocycles. The molecule has 0 atom stereocenters. The molecule has 1 fully saturated rings. The molecule has 0 amide bonds. The second-order valence-electron chi connectivity index (χ2n) is 1.46. The van der Waals surface area contributed by atoms with Gasteiger partial charge in [-0.1, -0.05) is 0 Å². The van der Waals surface area contributed by atoms with Crippen LogP contribution in [0.2, 0.25) is 0 Å². The monoisotopic (exact) mass is 99.1 g/mol. The maximum Gasteiger partial charge on any atom is -0.00484 e. The van der Waals surface area contributed by atoms with Crippen molar-refractivity contribution in [1.29, 1.82) is 0 Å². The van der Waals surface area contributed by atoms with Gasteiger partial charge in [0, 0.05) is 0 Å². The molecule has 1 heteroatoms.